The topological polar surface area (TPSA) is 98.3 Å². The molecule has 1 aliphatic heterocycles. The molecule has 1 fully saturated rings. The smallest absolute Gasteiger partial charge is 0.295 e. The van der Waals surface area contributed by atoms with Gasteiger partial charge in [-0.25, -0.2) is 5.43 Å². The molecule has 0 bridgehead atoms. The fraction of sp³-hybridized carbons (Fsp3) is 0.333. The molecule has 1 heterocycles. The molecule has 0 aliphatic carbocycles. The van der Waals surface area contributed by atoms with Crippen molar-refractivity contribution in [2.45, 2.75) is 25.9 Å². The number of nitro groups is 1. The van der Waals surface area contributed by atoms with E-state index in [4.69, 9.17) is 4.74 Å². The number of piperidine rings is 1. The average Bonchev–Trinajstić information content (AvgIpc) is 2.74. The largest absolute Gasteiger partial charge is 0.489 e. The van der Waals surface area contributed by atoms with Crippen LogP contribution >= 0.6 is 0 Å². The van der Waals surface area contributed by atoms with E-state index >= 15 is 0 Å². The van der Waals surface area contributed by atoms with Crippen LogP contribution in [0.1, 0.15) is 30.4 Å². The molecule has 29 heavy (non-hydrogen) atoms. The van der Waals surface area contributed by atoms with Crippen LogP contribution in [0.15, 0.2) is 53.6 Å². The van der Waals surface area contributed by atoms with Crippen molar-refractivity contribution < 1.29 is 19.4 Å². The number of quaternary nitrogens is 1. The molecule has 0 aromatic heterocycles. The molecule has 1 aliphatic rings. The van der Waals surface area contributed by atoms with Crippen LogP contribution in [0.4, 0.5) is 5.69 Å². The first-order chi connectivity index (χ1) is 14.1. The number of carbonyl (C=O) groups is 1. The Morgan fingerprint density at radius 3 is 2.45 bits per heavy atom. The molecule has 0 spiro atoms. The maximum absolute atomic E-state index is 11.9. The number of nitrogens with zero attached hydrogens (tertiary/aromatic N) is 2. The monoisotopic (exact) mass is 397 g/mol. The number of carbonyl (C=O) groups excluding carboxylic acids is 1. The lowest BCUT2D eigenvalue weighted by Gasteiger charge is -2.22. The zero-order valence-corrected chi connectivity index (χ0v) is 16.2. The maximum atomic E-state index is 11.9. The third-order valence-electron chi connectivity index (χ3n) is 4.81. The molecule has 8 nitrogen and oxygen atoms in total. The summed E-state index contributed by atoms with van der Waals surface area (Å²) in [6.45, 7) is 2.89. The summed E-state index contributed by atoms with van der Waals surface area (Å²) < 4.78 is 5.69. The first-order valence-electron chi connectivity index (χ1n) is 9.72. The molecule has 1 amide bonds. The summed E-state index contributed by atoms with van der Waals surface area (Å²) in [4.78, 5) is 23.5. The van der Waals surface area contributed by atoms with Gasteiger partial charge in [0.2, 0.25) is 0 Å². The van der Waals surface area contributed by atoms with Gasteiger partial charge in [0, 0.05) is 12.1 Å². The third-order valence-corrected chi connectivity index (χ3v) is 4.81. The number of hydrogen-bond donors (Lipinski definition) is 2. The molecule has 2 N–H and O–H groups in total. The van der Waals surface area contributed by atoms with Crippen LogP contribution in [0.2, 0.25) is 0 Å². The van der Waals surface area contributed by atoms with E-state index < -0.39 is 4.92 Å². The van der Waals surface area contributed by atoms with Crippen LogP contribution in [0.3, 0.4) is 0 Å². The second-order valence-corrected chi connectivity index (χ2v) is 7.06. The zero-order valence-electron chi connectivity index (χ0n) is 16.2. The van der Waals surface area contributed by atoms with Crippen LogP contribution in [-0.4, -0.2) is 36.7 Å². The number of hydrogen-bond acceptors (Lipinski definition) is 5. The lowest BCUT2D eigenvalue weighted by Crippen LogP contribution is -3.13. The first kappa shape index (κ1) is 20.5. The van der Waals surface area contributed by atoms with Gasteiger partial charge in [0.25, 0.3) is 11.6 Å². The Bertz CT molecular complexity index is 844. The highest BCUT2D eigenvalue weighted by molar-refractivity contribution is 5.82. The van der Waals surface area contributed by atoms with Gasteiger partial charge in [-0.2, -0.15) is 5.10 Å². The Hall–Kier alpha value is -3.26. The van der Waals surface area contributed by atoms with Gasteiger partial charge in [-0.3, -0.25) is 14.9 Å². The summed E-state index contributed by atoms with van der Waals surface area (Å²) >= 11 is 0. The van der Waals surface area contributed by atoms with E-state index in [2.05, 4.69) is 10.5 Å². The van der Waals surface area contributed by atoms with E-state index in [0.717, 1.165) is 24.2 Å². The fourth-order valence-electron chi connectivity index (χ4n) is 3.20. The quantitative estimate of drug-likeness (QED) is 0.402. The summed E-state index contributed by atoms with van der Waals surface area (Å²) in [5, 5.41) is 14.7. The lowest BCUT2D eigenvalue weighted by molar-refractivity contribution is -0.896. The van der Waals surface area contributed by atoms with Crippen LogP contribution < -0.4 is 15.1 Å². The molecule has 1 saturated heterocycles. The van der Waals surface area contributed by atoms with E-state index in [9.17, 15) is 14.9 Å². The summed E-state index contributed by atoms with van der Waals surface area (Å²) in [5.41, 5.74) is 4.33. The predicted octanol–water partition coefficient (Wildman–Crippen LogP) is 1.69. The van der Waals surface area contributed by atoms with Gasteiger partial charge in [0.15, 0.2) is 6.54 Å². The second kappa shape index (κ2) is 10.3. The molecule has 8 heteroatoms. The van der Waals surface area contributed by atoms with Gasteiger partial charge in [-0.1, -0.05) is 0 Å². The van der Waals surface area contributed by atoms with Gasteiger partial charge >= 0.3 is 0 Å². The molecule has 0 atom stereocenters. The Balaban J connectivity index is 1.42. The minimum Gasteiger partial charge on any atom is -0.489 e. The van der Waals surface area contributed by atoms with Crippen molar-refractivity contribution in [2.24, 2.45) is 5.10 Å². The minimum atomic E-state index is -0.428. The number of nitrogens with one attached hydrogen (secondary N) is 2. The van der Waals surface area contributed by atoms with E-state index in [1.807, 2.05) is 24.3 Å². The molecule has 2 aromatic rings. The Morgan fingerprint density at radius 1 is 1.10 bits per heavy atom. The zero-order chi connectivity index (χ0) is 20.5. The number of hydrazone groups is 1. The molecule has 152 valence electrons. The number of ether oxygens (including phenoxy) is 1. The van der Waals surface area contributed by atoms with E-state index in [0.29, 0.717) is 18.9 Å². The lowest BCUT2D eigenvalue weighted by atomic mass is 10.1. The maximum Gasteiger partial charge on any atom is 0.295 e. The Labute approximate surface area is 169 Å². The minimum absolute atomic E-state index is 0.0572. The van der Waals surface area contributed by atoms with Gasteiger partial charge < -0.3 is 9.64 Å². The highest BCUT2D eigenvalue weighted by Crippen LogP contribution is 2.16. The van der Waals surface area contributed by atoms with Crippen molar-refractivity contribution in [3.8, 4) is 5.75 Å². The normalized spacial score (nSPS) is 14.6. The molecular formula is C21H25N4O4+. The van der Waals surface area contributed by atoms with E-state index in [1.165, 1.54) is 36.3 Å². The number of benzene rings is 2. The van der Waals surface area contributed by atoms with Gasteiger partial charge in [-0.15, -0.1) is 0 Å². The van der Waals surface area contributed by atoms with Crippen LogP contribution in [-0.2, 0) is 11.4 Å². The van der Waals surface area contributed by atoms with Crippen LogP contribution in [0, 0.1) is 10.1 Å². The van der Waals surface area contributed by atoms with Gasteiger partial charge in [0.1, 0.15) is 12.4 Å². The van der Waals surface area contributed by atoms with Crippen molar-refractivity contribution in [3.05, 3.63) is 69.8 Å². The first-order valence-corrected chi connectivity index (χ1v) is 9.72. The Morgan fingerprint density at radius 2 is 1.79 bits per heavy atom. The number of nitro benzene ring substituents is 1. The predicted molar refractivity (Wildman–Crippen MR) is 109 cm³/mol. The molecular weight excluding hydrogens is 372 g/mol. The second-order valence-electron chi connectivity index (χ2n) is 7.06. The Kier molecular flexibility index (Phi) is 7.29. The number of non-ortho nitro benzene ring substituents is 1. The summed E-state index contributed by atoms with van der Waals surface area (Å²) in [7, 11) is 0. The molecule has 2 aromatic carbocycles. The van der Waals surface area contributed by atoms with Crippen molar-refractivity contribution in [1.29, 1.82) is 0 Å². The van der Waals surface area contributed by atoms with Gasteiger partial charge in [0.05, 0.1) is 24.2 Å². The SMILES string of the molecule is O=C(C[NH+]1CCCCC1)NN=Cc1ccc(OCc2ccc([N+](=O)[O-])cc2)cc1. The van der Waals surface area contributed by atoms with E-state index in [1.54, 1.807) is 18.3 Å². The number of likely N-dealkylation sites (tertiary alicyclic amines) is 1. The molecule has 0 radical (unpaired) electrons. The fourth-order valence-corrected chi connectivity index (χ4v) is 3.20. The third kappa shape index (κ3) is 6.69. The molecule has 0 unspecified atom stereocenters. The highest BCUT2D eigenvalue weighted by atomic mass is 16.6. The van der Waals surface area contributed by atoms with Crippen LogP contribution in [0.25, 0.3) is 0 Å². The average molecular weight is 397 g/mol. The van der Waals surface area contributed by atoms with Crippen LogP contribution in [0.5, 0.6) is 5.75 Å². The van der Waals surface area contributed by atoms with Crippen molar-refractivity contribution in [3.63, 3.8) is 0 Å². The number of rotatable bonds is 8. The van der Waals surface area contributed by atoms with Crippen molar-refractivity contribution in [2.75, 3.05) is 19.6 Å². The highest BCUT2D eigenvalue weighted by Gasteiger charge is 2.16. The summed E-state index contributed by atoms with van der Waals surface area (Å²) in [6, 6.07) is 13.6. The molecule has 3 rings (SSSR count). The van der Waals surface area contributed by atoms with Gasteiger partial charge in [-0.05, 0) is 66.8 Å². The molecule has 0 saturated carbocycles. The summed E-state index contributed by atoms with van der Waals surface area (Å²) in [6.07, 6.45) is 5.23. The number of amides is 1. The van der Waals surface area contributed by atoms with Crippen molar-refractivity contribution in [1.82, 2.24) is 5.43 Å². The standard InChI is InChI=1S/C21H24N4O4/c26-21(15-24-12-2-1-3-13-24)23-22-14-17-6-10-20(11-7-17)29-16-18-4-8-19(9-5-18)25(27)28/h4-11,14H,1-3,12-13,15-16H2,(H,23,26)/p+1. The van der Waals surface area contributed by atoms with E-state index in [-0.39, 0.29) is 11.6 Å². The summed E-state index contributed by atoms with van der Waals surface area (Å²) in [5.74, 6) is 0.611. The van der Waals surface area contributed by atoms with Crippen molar-refractivity contribution >= 4 is 17.8 Å².